The van der Waals surface area contributed by atoms with Crippen LogP contribution >= 0.6 is 19.2 Å². The van der Waals surface area contributed by atoms with Crippen molar-refractivity contribution in [1.82, 2.24) is 4.98 Å². The molecule has 1 atom stereocenters. The first-order chi connectivity index (χ1) is 5.97. The Morgan fingerprint density at radius 3 is 2.85 bits per heavy atom. The molecule has 0 aliphatic rings. The van der Waals surface area contributed by atoms with Crippen LogP contribution in [0.2, 0.25) is 5.02 Å². The van der Waals surface area contributed by atoms with Crippen LogP contribution in [0.1, 0.15) is 0 Å². The molecule has 1 unspecified atom stereocenters. The minimum absolute atomic E-state index is 0.320. The molecule has 1 aromatic rings. The van der Waals surface area contributed by atoms with E-state index in [1.54, 1.807) is 6.07 Å². The molecule has 0 bridgehead atoms. The summed E-state index contributed by atoms with van der Waals surface area (Å²) in [5, 5.41) is 0.481. The summed E-state index contributed by atoms with van der Waals surface area (Å²) in [5.74, 6) is 0.320. The molecule has 1 heterocycles. The highest BCUT2D eigenvalue weighted by Crippen LogP contribution is 2.36. The van der Waals surface area contributed by atoms with E-state index in [0.717, 1.165) is 6.66 Å². The van der Waals surface area contributed by atoms with Gasteiger partial charge in [-0.2, -0.15) is 4.62 Å². The highest BCUT2D eigenvalue weighted by Gasteiger charge is 2.09. The fraction of sp³-hybridized carbons (Fsp3) is 0.167. The molecule has 0 fully saturated rings. The Balaban J connectivity index is 2.56. The molecule has 13 heavy (non-hydrogen) atoms. The summed E-state index contributed by atoms with van der Waals surface area (Å²) in [6, 6.07) is 3.11. The van der Waals surface area contributed by atoms with E-state index in [4.69, 9.17) is 16.5 Å². The average Bonchev–Trinajstić information content (AvgIpc) is 2.02. The summed E-state index contributed by atoms with van der Waals surface area (Å²) in [6.07, 6.45) is 1.39. The molecule has 2 N–H and O–H groups in total. The number of aromatic nitrogens is 1. The number of hydrogen-bond donors (Lipinski definition) is 2. The number of pyridine rings is 1. The molecule has 0 amide bonds. The maximum Gasteiger partial charge on any atom is 0.346 e. The fourth-order valence-corrected chi connectivity index (χ4v) is 0.942. The molecule has 5 nitrogen and oxygen atoms in total. The van der Waals surface area contributed by atoms with Gasteiger partial charge in [-0.1, -0.05) is 11.6 Å². The van der Waals surface area contributed by atoms with Crippen molar-refractivity contribution in [3.05, 3.63) is 23.4 Å². The summed E-state index contributed by atoms with van der Waals surface area (Å²) < 4.78 is 15.1. The summed E-state index contributed by atoms with van der Waals surface area (Å²) in [6.45, 7) is 1.07. The van der Waals surface area contributed by atoms with Crippen LogP contribution < -0.4 is 5.48 Å². The second-order valence-electron chi connectivity index (χ2n) is 2.36. The van der Waals surface area contributed by atoms with Crippen molar-refractivity contribution in [3.8, 4) is 0 Å². The lowest BCUT2D eigenvalue weighted by atomic mass is 10.5. The third-order valence-corrected chi connectivity index (χ3v) is 1.70. The molecule has 0 radical (unpaired) electrons. The maximum absolute atomic E-state index is 10.7. The topological polar surface area (TPSA) is 71.5 Å². The first-order valence-electron chi connectivity index (χ1n) is 3.34. The Bertz CT molecular complexity index is 323. The van der Waals surface area contributed by atoms with Gasteiger partial charge in [-0.05, 0) is 12.1 Å². The third-order valence-electron chi connectivity index (χ3n) is 1.05. The molecule has 1 aromatic heterocycles. The van der Waals surface area contributed by atoms with E-state index in [2.05, 4.69) is 15.1 Å². The van der Waals surface area contributed by atoms with Crippen molar-refractivity contribution in [3.63, 3.8) is 0 Å². The Morgan fingerprint density at radius 1 is 1.69 bits per heavy atom. The molecule has 0 aromatic carbocycles. The van der Waals surface area contributed by atoms with Gasteiger partial charge < -0.3 is 4.89 Å². The van der Waals surface area contributed by atoms with Crippen molar-refractivity contribution in [1.29, 1.82) is 0 Å². The predicted molar refractivity (Wildman–Crippen MR) is 49.7 cm³/mol. The van der Waals surface area contributed by atoms with Crippen molar-refractivity contribution >= 4 is 25.0 Å². The zero-order valence-corrected chi connectivity index (χ0v) is 8.42. The van der Waals surface area contributed by atoms with Crippen molar-refractivity contribution in [2.45, 2.75) is 0 Å². The van der Waals surface area contributed by atoms with Crippen molar-refractivity contribution < 1.29 is 14.1 Å². The van der Waals surface area contributed by atoms with Gasteiger partial charge in [-0.3, -0.25) is 4.57 Å². The van der Waals surface area contributed by atoms with Gasteiger partial charge in [0.25, 0.3) is 0 Å². The quantitative estimate of drug-likeness (QED) is 0.604. The summed E-state index contributed by atoms with van der Waals surface area (Å²) >= 11 is 5.57. The van der Waals surface area contributed by atoms with Gasteiger partial charge in [0.1, 0.15) is 5.82 Å². The molecule has 7 heteroatoms. The standard InChI is InChI=1S/C6H8ClN2O3P/c1-13(10,11)12-9-6-3-2-5(7)4-8-6/h2-4H,1H3,(H,8,9)(H,10,11). The van der Waals surface area contributed by atoms with Crippen LogP contribution in [-0.4, -0.2) is 16.5 Å². The second kappa shape index (κ2) is 4.07. The first-order valence-corrected chi connectivity index (χ1v) is 5.74. The van der Waals surface area contributed by atoms with E-state index in [-0.39, 0.29) is 0 Å². The lowest BCUT2D eigenvalue weighted by molar-refractivity contribution is 0.317. The summed E-state index contributed by atoms with van der Waals surface area (Å²) in [7, 11) is -3.53. The lowest BCUT2D eigenvalue weighted by Crippen LogP contribution is -1.99. The van der Waals surface area contributed by atoms with Gasteiger partial charge in [-0.25, -0.2) is 10.5 Å². The number of nitrogens with one attached hydrogen (secondary N) is 1. The molecule has 1 rings (SSSR count). The van der Waals surface area contributed by atoms with Crippen molar-refractivity contribution in [2.75, 3.05) is 12.1 Å². The Morgan fingerprint density at radius 2 is 2.38 bits per heavy atom. The molecular weight excluding hydrogens is 215 g/mol. The zero-order chi connectivity index (χ0) is 9.90. The van der Waals surface area contributed by atoms with Crippen LogP contribution in [0.4, 0.5) is 5.82 Å². The van der Waals surface area contributed by atoms with E-state index in [1.165, 1.54) is 12.3 Å². The van der Waals surface area contributed by atoms with Gasteiger partial charge in [0, 0.05) is 12.9 Å². The number of halogens is 1. The van der Waals surface area contributed by atoms with E-state index in [9.17, 15) is 4.57 Å². The minimum Gasteiger partial charge on any atom is -0.323 e. The monoisotopic (exact) mass is 222 g/mol. The number of anilines is 1. The normalized spacial score (nSPS) is 15.0. The molecule has 72 valence electrons. The molecule has 0 saturated carbocycles. The highest BCUT2D eigenvalue weighted by molar-refractivity contribution is 7.51. The first kappa shape index (κ1) is 10.5. The SMILES string of the molecule is CP(=O)(O)ONc1ccc(Cl)cn1. The molecule has 0 spiro atoms. The number of rotatable bonds is 3. The average molecular weight is 223 g/mol. The fourth-order valence-electron chi connectivity index (χ4n) is 0.568. The summed E-state index contributed by atoms with van der Waals surface area (Å²) in [5.41, 5.74) is 2.23. The predicted octanol–water partition coefficient (Wildman–Crippen LogP) is 1.89. The van der Waals surface area contributed by atoms with Crippen LogP contribution in [-0.2, 0) is 9.19 Å². The second-order valence-corrected chi connectivity index (χ2v) is 4.58. The Labute approximate surface area is 80.2 Å². The minimum atomic E-state index is -3.53. The van der Waals surface area contributed by atoms with E-state index in [0.29, 0.717) is 10.8 Å². The largest absolute Gasteiger partial charge is 0.346 e. The van der Waals surface area contributed by atoms with E-state index in [1.807, 2.05) is 0 Å². The van der Waals surface area contributed by atoms with Gasteiger partial charge in [-0.15, -0.1) is 0 Å². The van der Waals surface area contributed by atoms with E-state index >= 15 is 0 Å². The third kappa shape index (κ3) is 4.24. The van der Waals surface area contributed by atoms with Gasteiger partial charge in [0.15, 0.2) is 0 Å². The summed E-state index contributed by atoms with van der Waals surface area (Å²) in [4.78, 5) is 12.5. The van der Waals surface area contributed by atoms with Crippen molar-refractivity contribution in [2.24, 2.45) is 0 Å². The maximum atomic E-state index is 10.7. The Kier molecular flexibility index (Phi) is 3.27. The smallest absolute Gasteiger partial charge is 0.323 e. The molecule has 0 aliphatic heterocycles. The van der Waals surface area contributed by atoms with Gasteiger partial charge in [0.05, 0.1) is 5.02 Å². The zero-order valence-electron chi connectivity index (χ0n) is 6.77. The van der Waals surface area contributed by atoms with Gasteiger partial charge in [0.2, 0.25) is 0 Å². The van der Waals surface area contributed by atoms with Crippen LogP contribution in [0, 0.1) is 0 Å². The van der Waals surface area contributed by atoms with Gasteiger partial charge >= 0.3 is 7.60 Å². The number of hydrogen-bond acceptors (Lipinski definition) is 4. The van der Waals surface area contributed by atoms with Crippen LogP contribution in [0.3, 0.4) is 0 Å². The van der Waals surface area contributed by atoms with Crippen LogP contribution in [0.5, 0.6) is 0 Å². The van der Waals surface area contributed by atoms with E-state index < -0.39 is 7.60 Å². The number of nitrogens with zero attached hydrogens (tertiary/aromatic N) is 1. The molecular formula is C6H8ClN2O3P. The Hall–Kier alpha value is -0.610. The highest BCUT2D eigenvalue weighted by atomic mass is 35.5. The molecule has 0 aliphatic carbocycles. The van der Waals surface area contributed by atoms with Crippen LogP contribution in [0.15, 0.2) is 18.3 Å². The lowest BCUT2D eigenvalue weighted by Gasteiger charge is -2.07. The van der Waals surface area contributed by atoms with Crippen LogP contribution in [0.25, 0.3) is 0 Å². The molecule has 0 saturated heterocycles.